The Morgan fingerprint density at radius 1 is 1.00 bits per heavy atom. The Bertz CT molecular complexity index is 465. The number of thioether (sulfide) groups is 1. The first kappa shape index (κ1) is 12.3. The highest BCUT2D eigenvalue weighted by atomic mass is 35.5. The Balaban J connectivity index is 1.95. The molecule has 0 aliphatic carbocycles. The van der Waals surface area contributed by atoms with Crippen molar-refractivity contribution in [3.63, 3.8) is 0 Å². The van der Waals surface area contributed by atoms with Gasteiger partial charge in [0, 0.05) is 22.2 Å². The summed E-state index contributed by atoms with van der Waals surface area (Å²) in [6.07, 6.45) is 2.08. The smallest absolute Gasteiger partial charge is 0.0406 e. The molecule has 1 nitrogen and oxygen atoms in total. The highest BCUT2D eigenvalue weighted by Crippen LogP contribution is 2.18. The quantitative estimate of drug-likeness (QED) is 0.805. The fraction of sp³-hybridized carbons (Fsp3) is 0.143. The van der Waals surface area contributed by atoms with Crippen LogP contribution in [-0.4, -0.2) is 6.26 Å². The van der Waals surface area contributed by atoms with Gasteiger partial charge in [-0.2, -0.15) is 0 Å². The van der Waals surface area contributed by atoms with E-state index in [1.165, 1.54) is 10.5 Å². The van der Waals surface area contributed by atoms with Crippen LogP contribution >= 0.6 is 23.4 Å². The Morgan fingerprint density at radius 2 is 1.65 bits per heavy atom. The minimum atomic E-state index is 0.776. The van der Waals surface area contributed by atoms with Crippen LogP contribution in [0.1, 0.15) is 5.56 Å². The van der Waals surface area contributed by atoms with Crippen molar-refractivity contribution in [3.05, 3.63) is 59.1 Å². The molecule has 2 aromatic carbocycles. The van der Waals surface area contributed by atoms with Gasteiger partial charge in [-0.3, -0.25) is 0 Å². The predicted molar refractivity (Wildman–Crippen MR) is 77.0 cm³/mol. The summed E-state index contributed by atoms with van der Waals surface area (Å²) in [4.78, 5) is 1.28. The lowest BCUT2D eigenvalue weighted by Gasteiger charge is -2.07. The zero-order chi connectivity index (χ0) is 12.1. The highest BCUT2D eigenvalue weighted by Gasteiger charge is 1.95. The van der Waals surface area contributed by atoms with E-state index in [1.54, 1.807) is 11.8 Å². The van der Waals surface area contributed by atoms with E-state index in [1.807, 2.05) is 24.3 Å². The molecule has 0 radical (unpaired) electrons. The molecule has 0 bridgehead atoms. The molecule has 0 fully saturated rings. The van der Waals surface area contributed by atoms with E-state index in [2.05, 4.69) is 35.8 Å². The lowest BCUT2D eigenvalue weighted by molar-refractivity contribution is 1.15. The van der Waals surface area contributed by atoms with Gasteiger partial charge >= 0.3 is 0 Å². The van der Waals surface area contributed by atoms with Gasteiger partial charge in [-0.1, -0.05) is 23.7 Å². The van der Waals surface area contributed by atoms with Crippen LogP contribution in [0.3, 0.4) is 0 Å². The molecule has 0 atom stereocenters. The first-order chi connectivity index (χ1) is 8.28. The summed E-state index contributed by atoms with van der Waals surface area (Å²) in [5.74, 6) is 0. The van der Waals surface area contributed by atoms with Gasteiger partial charge in [-0.15, -0.1) is 11.8 Å². The van der Waals surface area contributed by atoms with Gasteiger partial charge in [0.1, 0.15) is 0 Å². The van der Waals surface area contributed by atoms with Gasteiger partial charge in [0.05, 0.1) is 0 Å². The zero-order valence-electron chi connectivity index (χ0n) is 9.61. The van der Waals surface area contributed by atoms with E-state index in [0.717, 1.165) is 17.3 Å². The fourth-order valence-electron chi connectivity index (χ4n) is 1.52. The van der Waals surface area contributed by atoms with Crippen LogP contribution in [0.15, 0.2) is 53.4 Å². The SMILES string of the molecule is CSc1ccc(NCc2ccc(Cl)cc2)cc1. The second-order valence-electron chi connectivity index (χ2n) is 3.71. The zero-order valence-corrected chi connectivity index (χ0v) is 11.2. The number of hydrogen-bond donors (Lipinski definition) is 1. The molecule has 2 aromatic rings. The molecule has 88 valence electrons. The summed E-state index contributed by atoms with van der Waals surface area (Å²) < 4.78 is 0. The normalized spacial score (nSPS) is 10.2. The second-order valence-corrected chi connectivity index (χ2v) is 5.02. The van der Waals surface area contributed by atoms with Gasteiger partial charge in [-0.25, -0.2) is 0 Å². The molecule has 0 aromatic heterocycles. The lowest BCUT2D eigenvalue weighted by Crippen LogP contribution is -1.98. The molecule has 0 saturated heterocycles. The summed E-state index contributed by atoms with van der Waals surface area (Å²) in [6, 6.07) is 16.3. The summed E-state index contributed by atoms with van der Waals surface area (Å²) >= 11 is 7.59. The molecule has 2 rings (SSSR count). The van der Waals surface area contributed by atoms with Crippen LogP contribution in [0.4, 0.5) is 5.69 Å². The van der Waals surface area contributed by atoms with Crippen molar-refractivity contribution in [2.75, 3.05) is 11.6 Å². The lowest BCUT2D eigenvalue weighted by atomic mass is 10.2. The fourth-order valence-corrected chi connectivity index (χ4v) is 2.05. The molecule has 0 aliphatic heterocycles. The van der Waals surface area contributed by atoms with Crippen LogP contribution in [0.2, 0.25) is 5.02 Å². The first-order valence-corrected chi connectivity index (χ1v) is 7.00. The van der Waals surface area contributed by atoms with Crippen LogP contribution in [0.25, 0.3) is 0 Å². The molecular weight excluding hydrogens is 250 g/mol. The van der Waals surface area contributed by atoms with Crippen molar-refractivity contribution < 1.29 is 0 Å². The molecule has 0 heterocycles. The van der Waals surface area contributed by atoms with E-state index in [-0.39, 0.29) is 0 Å². The Labute approximate surface area is 111 Å². The number of halogens is 1. The average Bonchev–Trinajstić information content (AvgIpc) is 2.39. The molecule has 17 heavy (non-hydrogen) atoms. The number of hydrogen-bond acceptors (Lipinski definition) is 2. The van der Waals surface area contributed by atoms with Crippen molar-refractivity contribution in [1.82, 2.24) is 0 Å². The second kappa shape index (κ2) is 5.99. The van der Waals surface area contributed by atoms with Crippen LogP contribution in [0.5, 0.6) is 0 Å². The van der Waals surface area contributed by atoms with Crippen molar-refractivity contribution in [3.8, 4) is 0 Å². The molecule has 0 spiro atoms. The van der Waals surface area contributed by atoms with E-state index < -0.39 is 0 Å². The number of anilines is 1. The van der Waals surface area contributed by atoms with Gasteiger partial charge in [0.2, 0.25) is 0 Å². The van der Waals surface area contributed by atoms with Crippen molar-refractivity contribution in [1.29, 1.82) is 0 Å². The highest BCUT2D eigenvalue weighted by molar-refractivity contribution is 7.98. The summed E-state index contributed by atoms with van der Waals surface area (Å²) in [5, 5.41) is 4.16. The van der Waals surface area contributed by atoms with Crippen molar-refractivity contribution in [2.45, 2.75) is 11.4 Å². The van der Waals surface area contributed by atoms with Gasteiger partial charge in [0.15, 0.2) is 0 Å². The molecular formula is C14H14ClNS. The van der Waals surface area contributed by atoms with E-state index >= 15 is 0 Å². The maximum absolute atomic E-state index is 5.84. The van der Waals surface area contributed by atoms with Gasteiger partial charge in [-0.05, 0) is 48.2 Å². The van der Waals surface area contributed by atoms with Crippen LogP contribution in [0, 0.1) is 0 Å². The van der Waals surface area contributed by atoms with E-state index in [9.17, 15) is 0 Å². The molecule has 3 heteroatoms. The van der Waals surface area contributed by atoms with Crippen LogP contribution in [-0.2, 0) is 6.54 Å². The third-order valence-electron chi connectivity index (χ3n) is 2.50. The number of nitrogens with one attached hydrogen (secondary N) is 1. The predicted octanol–water partition coefficient (Wildman–Crippen LogP) is 4.67. The van der Waals surface area contributed by atoms with E-state index in [0.29, 0.717) is 0 Å². The third kappa shape index (κ3) is 3.69. The van der Waals surface area contributed by atoms with Crippen LogP contribution < -0.4 is 5.32 Å². The maximum atomic E-state index is 5.84. The largest absolute Gasteiger partial charge is 0.381 e. The summed E-state index contributed by atoms with van der Waals surface area (Å²) in [6.45, 7) is 0.815. The van der Waals surface area contributed by atoms with Gasteiger partial charge < -0.3 is 5.32 Å². The Hall–Kier alpha value is -1.12. The Morgan fingerprint density at radius 3 is 2.24 bits per heavy atom. The minimum Gasteiger partial charge on any atom is -0.381 e. The standard InChI is InChI=1S/C14H14ClNS/c1-17-14-8-6-13(7-9-14)16-10-11-2-4-12(15)5-3-11/h2-9,16H,10H2,1H3. The summed E-state index contributed by atoms with van der Waals surface area (Å²) in [7, 11) is 0. The topological polar surface area (TPSA) is 12.0 Å². The Kier molecular flexibility index (Phi) is 4.35. The average molecular weight is 264 g/mol. The van der Waals surface area contributed by atoms with Crippen molar-refractivity contribution >= 4 is 29.1 Å². The molecule has 0 saturated carbocycles. The molecule has 0 unspecified atom stereocenters. The maximum Gasteiger partial charge on any atom is 0.0406 e. The monoisotopic (exact) mass is 263 g/mol. The number of rotatable bonds is 4. The van der Waals surface area contributed by atoms with E-state index in [4.69, 9.17) is 11.6 Å². The van der Waals surface area contributed by atoms with Crippen molar-refractivity contribution in [2.24, 2.45) is 0 Å². The number of benzene rings is 2. The summed E-state index contributed by atoms with van der Waals surface area (Å²) in [5.41, 5.74) is 2.36. The molecule has 1 N–H and O–H groups in total. The minimum absolute atomic E-state index is 0.776. The molecule has 0 amide bonds. The van der Waals surface area contributed by atoms with Gasteiger partial charge in [0.25, 0.3) is 0 Å². The third-order valence-corrected chi connectivity index (χ3v) is 3.50. The first-order valence-electron chi connectivity index (χ1n) is 5.40. The molecule has 0 aliphatic rings.